The molecule has 1 unspecified atom stereocenters. The lowest BCUT2D eigenvalue weighted by atomic mass is 10.1. The van der Waals surface area contributed by atoms with E-state index in [1.807, 2.05) is 0 Å². The average Bonchev–Trinajstić information content (AvgIpc) is 2.04. The average molecular weight is 166 g/mol. The zero-order valence-electron chi connectivity index (χ0n) is 6.52. The van der Waals surface area contributed by atoms with Crippen LogP contribution in [0.15, 0.2) is 18.2 Å². The van der Waals surface area contributed by atoms with Crippen molar-refractivity contribution in [1.82, 2.24) is 0 Å². The van der Waals surface area contributed by atoms with Crippen LogP contribution in [0.1, 0.15) is 18.6 Å². The van der Waals surface area contributed by atoms with Gasteiger partial charge in [0.25, 0.3) is 5.69 Å². The van der Waals surface area contributed by atoms with E-state index in [9.17, 15) is 10.1 Å². The molecule has 1 rings (SSSR count). The molecule has 0 saturated heterocycles. The molecule has 0 heterocycles. The fourth-order valence-corrected chi connectivity index (χ4v) is 0.836. The topological polar surface area (TPSA) is 63.4 Å². The first kappa shape index (κ1) is 8.67. The van der Waals surface area contributed by atoms with Gasteiger partial charge in [0, 0.05) is 6.07 Å². The van der Waals surface area contributed by atoms with E-state index in [1.165, 1.54) is 12.1 Å². The molecule has 4 nitrogen and oxygen atoms in total. The Morgan fingerprint density at radius 1 is 1.75 bits per heavy atom. The maximum Gasteiger partial charge on any atom is 0.277 e. The quantitative estimate of drug-likeness (QED) is 0.534. The number of non-ortho nitro benzene ring substituents is 1. The molecule has 1 aromatic carbocycles. The van der Waals surface area contributed by atoms with E-state index in [-0.39, 0.29) is 5.69 Å². The van der Waals surface area contributed by atoms with Crippen molar-refractivity contribution >= 4 is 5.69 Å². The van der Waals surface area contributed by atoms with Crippen molar-refractivity contribution in [3.8, 4) is 0 Å². The number of nitrogens with zero attached hydrogens (tertiary/aromatic N) is 1. The van der Waals surface area contributed by atoms with Crippen molar-refractivity contribution < 1.29 is 10.0 Å². The number of benzene rings is 1. The molecule has 12 heavy (non-hydrogen) atoms. The van der Waals surface area contributed by atoms with Gasteiger partial charge in [-0.15, -0.1) is 0 Å². The van der Waals surface area contributed by atoms with Crippen molar-refractivity contribution in [3.63, 3.8) is 0 Å². The second-order valence-corrected chi connectivity index (χ2v) is 2.44. The monoisotopic (exact) mass is 166 g/mol. The summed E-state index contributed by atoms with van der Waals surface area (Å²) in [6.45, 7) is 1.55. The summed E-state index contributed by atoms with van der Waals surface area (Å²) < 4.78 is 0. The third kappa shape index (κ3) is 1.79. The van der Waals surface area contributed by atoms with Crippen molar-refractivity contribution in [1.29, 1.82) is 0 Å². The number of nitro benzene ring substituents is 1. The van der Waals surface area contributed by atoms with Gasteiger partial charge in [0.15, 0.2) is 0 Å². The highest BCUT2D eigenvalue weighted by Gasteiger charge is 2.08. The summed E-state index contributed by atoms with van der Waals surface area (Å²) >= 11 is 0. The molecule has 1 N–H and O–H groups in total. The molecule has 0 saturated carbocycles. The van der Waals surface area contributed by atoms with E-state index in [1.54, 1.807) is 13.0 Å². The van der Waals surface area contributed by atoms with E-state index in [0.29, 0.717) is 5.56 Å². The first-order valence-electron chi connectivity index (χ1n) is 3.45. The summed E-state index contributed by atoms with van der Waals surface area (Å²) in [5.41, 5.74) is 0.411. The van der Waals surface area contributed by atoms with Gasteiger partial charge in [-0.3, -0.25) is 10.1 Å². The molecule has 0 amide bonds. The normalized spacial score (nSPS) is 12.5. The first-order valence-corrected chi connectivity index (χ1v) is 3.45. The summed E-state index contributed by atoms with van der Waals surface area (Å²) in [5.74, 6) is 0. The molecule has 0 aromatic heterocycles. The third-order valence-corrected chi connectivity index (χ3v) is 1.49. The van der Waals surface area contributed by atoms with E-state index < -0.39 is 11.0 Å². The van der Waals surface area contributed by atoms with Gasteiger partial charge in [-0.1, -0.05) is 6.07 Å². The van der Waals surface area contributed by atoms with Gasteiger partial charge in [0.2, 0.25) is 0 Å². The first-order chi connectivity index (χ1) is 5.61. The Kier molecular flexibility index (Phi) is 2.40. The fourth-order valence-electron chi connectivity index (χ4n) is 0.836. The minimum Gasteiger partial charge on any atom is -0.389 e. The van der Waals surface area contributed by atoms with Crippen molar-refractivity contribution in [2.24, 2.45) is 0 Å². The Bertz CT molecular complexity index is 296. The summed E-state index contributed by atoms with van der Waals surface area (Å²) in [6, 6.07) is 6.79. The molecular formula is C8H8NO3. The van der Waals surface area contributed by atoms with Gasteiger partial charge < -0.3 is 5.11 Å². The molecule has 0 spiro atoms. The van der Waals surface area contributed by atoms with Crippen molar-refractivity contribution in [3.05, 3.63) is 39.9 Å². The van der Waals surface area contributed by atoms with E-state index in [0.717, 1.165) is 0 Å². The number of rotatable bonds is 2. The zero-order valence-corrected chi connectivity index (χ0v) is 6.52. The molecule has 4 heteroatoms. The minimum absolute atomic E-state index is 0.117. The maximum atomic E-state index is 10.3. The van der Waals surface area contributed by atoms with E-state index in [2.05, 4.69) is 6.07 Å². The van der Waals surface area contributed by atoms with Crippen LogP contribution in [-0.2, 0) is 0 Å². The Morgan fingerprint density at radius 2 is 2.42 bits per heavy atom. The molecule has 0 fully saturated rings. The minimum atomic E-state index is -0.682. The zero-order chi connectivity index (χ0) is 9.14. The van der Waals surface area contributed by atoms with Crippen LogP contribution in [0, 0.1) is 16.2 Å². The molecule has 0 bridgehead atoms. The highest BCUT2D eigenvalue weighted by molar-refractivity contribution is 5.33. The molecule has 63 valence electrons. The van der Waals surface area contributed by atoms with Crippen LogP contribution >= 0.6 is 0 Å². The largest absolute Gasteiger partial charge is 0.389 e. The Balaban J connectivity index is 3.04. The smallest absolute Gasteiger partial charge is 0.277 e. The van der Waals surface area contributed by atoms with Gasteiger partial charge in [-0.2, -0.15) is 0 Å². The fraction of sp³-hybridized carbons (Fsp3) is 0.250. The highest BCUT2D eigenvalue weighted by Crippen LogP contribution is 2.17. The van der Waals surface area contributed by atoms with Gasteiger partial charge in [0.1, 0.15) is 0 Å². The van der Waals surface area contributed by atoms with Crippen LogP contribution in [0.4, 0.5) is 5.69 Å². The van der Waals surface area contributed by atoms with Gasteiger partial charge in [-0.25, -0.2) is 0 Å². The summed E-state index contributed by atoms with van der Waals surface area (Å²) in [5, 5.41) is 19.4. The molecule has 1 aromatic rings. The Hall–Kier alpha value is -1.42. The number of aliphatic hydroxyl groups is 1. The lowest BCUT2D eigenvalue weighted by Crippen LogP contribution is -1.93. The predicted molar refractivity (Wildman–Crippen MR) is 42.6 cm³/mol. The van der Waals surface area contributed by atoms with Crippen molar-refractivity contribution in [2.45, 2.75) is 13.0 Å². The van der Waals surface area contributed by atoms with Gasteiger partial charge >= 0.3 is 0 Å². The van der Waals surface area contributed by atoms with Crippen LogP contribution in [0.3, 0.4) is 0 Å². The second-order valence-electron chi connectivity index (χ2n) is 2.44. The number of nitro groups is 1. The van der Waals surface area contributed by atoms with E-state index in [4.69, 9.17) is 5.11 Å². The maximum absolute atomic E-state index is 10.3. The second kappa shape index (κ2) is 3.32. The molecule has 0 aliphatic rings. The van der Waals surface area contributed by atoms with Crippen LogP contribution in [0.2, 0.25) is 0 Å². The molecule has 1 radical (unpaired) electrons. The highest BCUT2D eigenvalue weighted by atomic mass is 16.6. The molecule has 0 aliphatic heterocycles. The van der Waals surface area contributed by atoms with Crippen molar-refractivity contribution in [2.75, 3.05) is 0 Å². The number of hydrogen-bond acceptors (Lipinski definition) is 3. The summed E-state index contributed by atoms with van der Waals surface area (Å²) in [4.78, 5) is 9.73. The van der Waals surface area contributed by atoms with Gasteiger partial charge in [0.05, 0.1) is 17.1 Å². The molecular weight excluding hydrogens is 158 g/mol. The van der Waals surface area contributed by atoms with Crippen LogP contribution in [0.5, 0.6) is 0 Å². The number of hydrogen-bond donors (Lipinski definition) is 1. The van der Waals surface area contributed by atoms with Crippen LogP contribution in [0.25, 0.3) is 0 Å². The predicted octanol–water partition coefficient (Wildman–Crippen LogP) is 1.45. The number of aliphatic hydroxyl groups excluding tert-OH is 1. The summed E-state index contributed by atoms with van der Waals surface area (Å²) in [7, 11) is 0. The third-order valence-electron chi connectivity index (χ3n) is 1.49. The summed E-state index contributed by atoms with van der Waals surface area (Å²) in [6.07, 6.45) is -0.682. The molecule has 1 atom stereocenters. The lowest BCUT2D eigenvalue weighted by Gasteiger charge is -2.02. The molecule has 0 aliphatic carbocycles. The Morgan fingerprint density at radius 3 is 2.92 bits per heavy atom. The lowest BCUT2D eigenvalue weighted by molar-refractivity contribution is -0.385. The van der Waals surface area contributed by atoms with E-state index >= 15 is 0 Å². The van der Waals surface area contributed by atoms with Crippen LogP contribution < -0.4 is 0 Å². The SMILES string of the molecule is CC(O)c1cc[c]c([N+](=O)[O-])c1. The van der Waals surface area contributed by atoms with Gasteiger partial charge in [-0.05, 0) is 18.6 Å². The standard InChI is InChI=1S/C8H8NO3/c1-6(10)7-3-2-4-8(5-7)9(11)12/h2-3,5-6,10H,1H3. The Labute approximate surface area is 69.6 Å². The van der Waals surface area contributed by atoms with Crippen LogP contribution in [-0.4, -0.2) is 10.0 Å².